The Morgan fingerprint density at radius 2 is 1.94 bits per heavy atom. The molecule has 4 heteroatoms. The smallest absolute Gasteiger partial charge is 0.151 e. The predicted molar refractivity (Wildman–Crippen MR) is 65.3 cm³/mol. The van der Waals surface area contributed by atoms with E-state index in [9.17, 15) is 0 Å². The van der Waals surface area contributed by atoms with Gasteiger partial charge in [0.1, 0.15) is 0 Å². The fraction of sp³-hybridized carbons (Fsp3) is 0.667. The number of hydrogen-bond acceptors (Lipinski definition) is 3. The third-order valence-corrected chi connectivity index (χ3v) is 3.48. The van der Waals surface area contributed by atoms with E-state index in [0.29, 0.717) is 10.6 Å². The molecule has 0 aromatic carbocycles. The summed E-state index contributed by atoms with van der Waals surface area (Å²) in [6, 6.07) is 3.76. The number of aromatic nitrogens is 2. The van der Waals surface area contributed by atoms with Gasteiger partial charge in [-0.25, -0.2) is 0 Å². The minimum atomic E-state index is 0.462. The summed E-state index contributed by atoms with van der Waals surface area (Å²) in [5.74, 6) is 0. The Labute approximate surface area is 102 Å². The molecule has 0 aliphatic carbocycles. The van der Waals surface area contributed by atoms with Crippen LogP contribution in [0.1, 0.15) is 32.4 Å². The maximum atomic E-state index is 5.70. The van der Waals surface area contributed by atoms with Crippen LogP contribution in [0.3, 0.4) is 0 Å². The van der Waals surface area contributed by atoms with E-state index < -0.39 is 0 Å². The van der Waals surface area contributed by atoms with Gasteiger partial charge in [-0.2, -0.15) is 5.10 Å². The van der Waals surface area contributed by atoms with Gasteiger partial charge in [0.25, 0.3) is 0 Å². The highest BCUT2D eigenvalue weighted by Gasteiger charge is 2.25. The molecule has 1 aliphatic heterocycles. The normalized spacial score (nSPS) is 20.9. The van der Waals surface area contributed by atoms with Crippen LogP contribution < -0.4 is 0 Å². The van der Waals surface area contributed by atoms with Crippen molar-refractivity contribution in [3.05, 3.63) is 23.0 Å². The van der Waals surface area contributed by atoms with E-state index in [0.717, 1.165) is 25.3 Å². The van der Waals surface area contributed by atoms with Gasteiger partial charge in [-0.1, -0.05) is 25.4 Å². The molecule has 1 aromatic rings. The van der Waals surface area contributed by atoms with Gasteiger partial charge in [0.15, 0.2) is 5.15 Å². The molecule has 2 heterocycles. The average Bonchev–Trinajstić information content (AvgIpc) is 2.24. The second kappa shape index (κ2) is 4.68. The molecule has 0 atom stereocenters. The van der Waals surface area contributed by atoms with Crippen LogP contribution in [-0.4, -0.2) is 28.2 Å². The fourth-order valence-corrected chi connectivity index (χ4v) is 2.07. The number of piperidine rings is 1. The molecule has 2 rings (SSSR count). The molecular weight excluding hydrogens is 222 g/mol. The van der Waals surface area contributed by atoms with Crippen LogP contribution in [0, 0.1) is 5.41 Å². The maximum Gasteiger partial charge on any atom is 0.151 e. The van der Waals surface area contributed by atoms with Gasteiger partial charge in [-0.05, 0) is 43.5 Å². The van der Waals surface area contributed by atoms with E-state index in [-0.39, 0.29) is 0 Å². The lowest BCUT2D eigenvalue weighted by molar-refractivity contribution is 0.125. The van der Waals surface area contributed by atoms with Crippen LogP contribution in [-0.2, 0) is 6.54 Å². The van der Waals surface area contributed by atoms with Gasteiger partial charge >= 0.3 is 0 Å². The van der Waals surface area contributed by atoms with Crippen molar-refractivity contribution in [3.63, 3.8) is 0 Å². The predicted octanol–water partition coefficient (Wildman–Crippen LogP) is 2.75. The van der Waals surface area contributed by atoms with Crippen molar-refractivity contribution in [2.24, 2.45) is 5.41 Å². The van der Waals surface area contributed by atoms with Gasteiger partial charge in [0, 0.05) is 6.54 Å². The number of likely N-dealkylation sites (tertiary alicyclic amines) is 1. The lowest BCUT2D eigenvalue weighted by atomic mass is 9.83. The molecule has 0 bridgehead atoms. The molecule has 1 saturated heterocycles. The molecular formula is C12H18ClN3. The molecule has 0 spiro atoms. The highest BCUT2D eigenvalue weighted by atomic mass is 35.5. The van der Waals surface area contributed by atoms with E-state index in [1.165, 1.54) is 12.8 Å². The molecule has 3 nitrogen and oxygen atoms in total. The van der Waals surface area contributed by atoms with Crippen molar-refractivity contribution in [3.8, 4) is 0 Å². The molecule has 0 radical (unpaired) electrons. The highest BCUT2D eigenvalue weighted by Crippen LogP contribution is 2.30. The van der Waals surface area contributed by atoms with Crippen LogP contribution in [0.15, 0.2) is 12.1 Å². The van der Waals surface area contributed by atoms with Gasteiger partial charge in [0.05, 0.1) is 5.69 Å². The lowest BCUT2D eigenvalue weighted by Gasteiger charge is -2.36. The molecule has 1 aromatic heterocycles. The van der Waals surface area contributed by atoms with E-state index in [1.54, 1.807) is 6.07 Å². The first-order valence-corrected chi connectivity index (χ1v) is 6.13. The lowest BCUT2D eigenvalue weighted by Crippen LogP contribution is -2.37. The summed E-state index contributed by atoms with van der Waals surface area (Å²) >= 11 is 5.70. The minimum absolute atomic E-state index is 0.462. The number of nitrogens with zero attached hydrogens (tertiary/aromatic N) is 3. The topological polar surface area (TPSA) is 29.0 Å². The van der Waals surface area contributed by atoms with Crippen LogP contribution in [0.25, 0.3) is 0 Å². The number of rotatable bonds is 2. The van der Waals surface area contributed by atoms with Crippen molar-refractivity contribution in [1.29, 1.82) is 0 Å². The molecule has 88 valence electrons. The molecule has 0 unspecified atom stereocenters. The Hall–Kier alpha value is -0.670. The van der Waals surface area contributed by atoms with Gasteiger partial charge < -0.3 is 0 Å². The van der Waals surface area contributed by atoms with Crippen LogP contribution in [0.5, 0.6) is 0 Å². The molecule has 0 amide bonds. The standard InChI is InChI=1S/C12H18ClN3/c1-12(2)5-7-16(8-6-12)9-10-3-4-11(13)15-14-10/h3-4H,5-9H2,1-2H3. The first-order chi connectivity index (χ1) is 7.55. The zero-order chi connectivity index (χ0) is 11.6. The monoisotopic (exact) mass is 239 g/mol. The van der Waals surface area contributed by atoms with Crippen LogP contribution >= 0.6 is 11.6 Å². The second-order valence-electron chi connectivity index (χ2n) is 5.29. The fourth-order valence-electron chi connectivity index (χ4n) is 1.97. The third kappa shape index (κ3) is 3.16. The van der Waals surface area contributed by atoms with E-state index >= 15 is 0 Å². The summed E-state index contributed by atoms with van der Waals surface area (Å²) in [4.78, 5) is 2.43. The van der Waals surface area contributed by atoms with Crippen molar-refractivity contribution in [1.82, 2.24) is 15.1 Å². The number of hydrogen-bond donors (Lipinski definition) is 0. The Balaban J connectivity index is 1.89. The zero-order valence-electron chi connectivity index (χ0n) is 9.91. The maximum absolute atomic E-state index is 5.70. The van der Waals surface area contributed by atoms with E-state index in [4.69, 9.17) is 11.6 Å². The summed E-state index contributed by atoms with van der Waals surface area (Å²) in [5.41, 5.74) is 1.51. The molecule has 16 heavy (non-hydrogen) atoms. The van der Waals surface area contributed by atoms with Gasteiger partial charge in [-0.3, -0.25) is 4.90 Å². The van der Waals surface area contributed by atoms with Crippen molar-refractivity contribution in [2.45, 2.75) is 33.2 Å². The Bertz CT molecular complexity index is 338. The van der Waals surface area contributed by atoms with Gasteiger partial charge in [0.2, 0.25) is 0 Å². The molecule has 0 N–H and O–H groups in total. The summed E-state index contributed by atoms with van der Waals surface area (Å²) in [5, 5.41) is 8.41. The summed E-state index contributed by atoms with van der Waals surface area (Å²) in [6.07, 6.45) is 2.52. The Morgan fingerprint density at radius 1 is 1.25 bits per heavy atom. The quantitative estimate of drug-likeness (QED) is 0.795. The van der Waals surface area contributed by atoms with Crippen LogP contribution in [0.2, 0.25) is 5.15 Å². The van der Waals surface area contributed by atoms with E-state index in [2.05, 4.69) is 28.9 Å². The SMILES string of the molecule is CC1(C)CCN(Cc2ccc(Cl)nn2)CC1. The van der Waals surface area contributed by atoms with E-state index in [1.807, 2.05) is 6.07 Å². The number of halogens is 1. The Morgan fingerprint density at radius 3 is 2.50 bits per heavy atom. The summed E-state index contributed by atoms with van der Waals surface area (Å²) in [7, 11) is 0. The summed E-state index contributed by atoms with van der Waals surface area (Å²) in [6.45, 7) is 7.87. The first-order valence-electron chi connectivity index (χ1n) is 5.76. The van der Waals surface area contributed by atoms with Gasteiger partial charge in [-0.15, -0.1) is 5.10 Å². The first kappa shape index (κ1) is 11.8. The summed E-state index contributed by atoms with van der Waals surface area (Å²) < 4.78 is 0. The van der Waals surface area contributed by atoms with Crippen molar-refractivity contribution < 1.29 is 0 Å². The average molecular weight is 240 g/mol. The molecule has 1 fully saturated rings. The molecule has 0 saturated carbocycles. The second-order valence-corrected chi connectivity index (χ2v) is 5.68. The molecule has 1 aliphatic rings. The van der Waals surface area contributed by atoms with Crippen LogP contribution in [0.4, 0.5) is 0 Å². The largest absolute Gasteiger partial charge is 0.297 e. The zero-order valence-corrected chi connectivity index (χ0v) is 10.7. The minimum Gasteiger partial charge on any atom is -0.297 e. The third-order valence-electron chi connectivity index (χ3n) is 3.28. The Kier molecular flexibility index (Phi) is 3.45. The van der Waals surface area contributed by atoms with Crippen molar-refractivity contribution in [2.75, 3.05) is 13.1 Å². The highest BCUT2D eigenvalue weighted by molar-refractivity contribution is 6.29. The van der Waals surface area contributed by atoms with Crippen molar-refractivity contribution >= 4 is 11.6 Å².